The van der Waals surface area contributed by atoms with Crippen molar-refractivity contribution in [2.75, 3.05) is 26.2 Å². The minimum atomic E-state index is -4.35. The lowest BCUT2D eigenvalue weighted by atomic mass is 9.92. The van der Waals surface area contributed by atoms with Crippen molar-refractivity contribution in [3.8, 4) is 0 Å². The molecule has 3 rings (SSSR count). The Kier molecular flexibility index (Phi) is 4.68. The maximum absolute atomic E-state index is 13.5. The van der Waals surface area contributed by atoms with Crippen LogP contribution in [0.25, 0.3) is 0 Å². The first-order valence-corrected chi connectivity index (χ1v) is 7.73. The van der Waals surface area contributed by atoms with Gasteiger partial charge in [-0.25, -0.2) is 0 Å². The Hall–Kier alpha value is -1.85. The van der Waals surface area contributed by atoms with Gasteiger partial charge in [0, 0.05) is 26.2 Å². The van der Waals surface area contributed by atoms with Crippen molar-refractivity contribution in [2.24, 2.45) is 0 Å². The molecule has 0 aromatic heterocycles. The average molecular weight is 320 g/mol. The molecule has 0 spiro atoms. The Morgan fingerprint density at radius 1 is 0.870 bits per heavy atom. The highest BCUT2D eigenvalue weighted by molar-refractivity contribution is 5.39. The zero-order valence-electron chi connectivity index (χ0n) is 12.7. The minimum absolute atomic E-state index is 0.327. The van der Waals surface area contributed by atoms with Gasteiger partial charge in [0.1, 0.15) is 0 Å². The fraction of sp³-hybridized carbons (Fsp3) is 0.333. The van der Waals surface area contributed by atoms with Gasteiger partial charge >= 0.3 is 6.18 Å². The second-order valence-corrected chi connectivity index (χ2v) is 5.68. The van der Waals surface area contributed by atoms with Crippen molar-refractivity contribution < 1.29 is 13.2 Å². The number of benzene rings is 2. The van der Waals surface area contributed by atoms with Gasteiger partial charge in [-0.2, -0.15) is 13.2 Å². The van der Waals surface area contributed by atoms with Gasteiger partial charge in [-0.3, -0.25) is 4.90 Å². The molecule has 1 N–H and O–H groups in total. The van der Waals surface area contributed by atoms with Gasteiger partial charge in [0.25, 0.3) is 0 Å². The van der Waals surface area contributed by atoms with Crippen molar-refractivity contribution in [1.29, 1.82) is 0 Å². The summed E-state index contributed by atoms with van der Waals surface area (Å²) in [6.45, 7) is 3.03. The predicted octanol–water partition coefficient (Wildman–Crippen LogP) is 3.70. The zero-order valence-corrected chi connectivity index (χ0v) is 12.7. The lowest BCUT2D eigenvalue weighted by Crippen LogP contribution is -2.45. The van der Waals surface area contributed by atoms with Crippen LogP contribution in [0.15, 0.2) is 54.6 Å². The first kappa shape index (κ1) is 16.0. The number of halogens is 3. The smallest absolute Gasteiger partial charge is 0.314 e. The van der Waals surface area contributed by atoms with Gasteiger partial charge in [-0.05, 0) is 17.2 Å². The van der Waals surface area contributed by atoms with Crippen molar-refractivity contribution in [2.45, 2.75) is 12.2 Å². The summed E-state index contributed by atoms with van der Waals surface area (Å²) in [5, 5.41) is 3.25. The lowest BCUT2D eigenvalue weighted by Gasteiger charge is -2.36. The molecule has 0 unspecified atom stereocenters. The summed E-state index contributed by atoms with van der Waals surface area (Å²) in [7, 11) is 0. The van der Waals surface area contributed by atoms with Crippen LogP contribution in [0.1, 0.15) is 22.7 Å². The van der Waals surface area contributed by atoms with Crippen LogP contribution in [0, 0.1) is 0 Å². The molecule has 122 valence electrons. The van der Waals surface area contributed by atoms with Crippen LogP contribution >= 0.6 is 0 Å². The summed E-state index contributed by atoms with van der Waals surface area (Å²) < 4.78 is 40.4. The third-order valence-electron chi connectivity index (χ3n) is 4.19. The molecule has 1 fully saturated rings. The Labute approximate surface area is 133 Å². The summed E-state index contributed by atoms with van der Waals surface area (Å²) in [6, 6.07) is 15.0. The third-order valence-corrected chi connectivity index (χ3v) is 4.19. The molecular weight excluding hydrogens is 301 g/mol. The van der Waals surface area contributed by atoms with Crippen LogP contribution in [0.3, 0.4) is 0 Å². The molecule has 0 radical (unpaired) electrons. The van der Waals surface area contributed by atoms with Crippen molar-refractivity contribution in [1.82, 2.24) is 10.2 Å². The van der Waals surface area contributed by atoms with E-state index in [0.717, 1.165) is 31.7 Å². The number of hydrogen-bond donors (Lipinski definition) is 1. The highest BCUT2D eigenvalue weighted by Gasteiger charge is 2.37. The Bertz CT molecular complexity index is 634. The van der Waals surface area contributed by atoms with E-state index in [1.807, 2.05) is 30.3 Å². The highest BCUT2D eigenvalue weighted by Crippen LogP contribution is 2.38. The predicted molar refractivity (Wildman–Crippen MR) is 84.2 cm³/mol. The van der Waals surface area contributed by atoms with Gasteiger partial charge < -0.3 is 5.32 Å². The van der Waals surface area contributed by atoms with Crippen LogP contribution in [0.5, 0.6) is 0 Å². The number of rotatable bonds is 3. The van der Waals surface area contributed by atoms with Crippen molar-refractivity contribution >= 4 is 0 Å². The SMILES string of the molecule is FC(F)(F)c1ccccc1[C@@H](c1ccccc1)N1CCNCC1. The Balaban J connectivity index is 2.09. The quantitative estimate of drug-likeness (QED) is 0.928. The minimum Gasteiger partial charge on any atom is -0.314 e. The van der Waals surface area contributed by atoms with Crippen LogP contribution in [-0.2, 0) is 6.18 Å². The van der Waals surface area contributed by atoms with Gasteiger partial charge in [0.2, 0.25) is 0 Å². The van der Waals surface area contributed by atoms with E-state index in [-0.39, 0.29) is 6.04 Å². The molecular formula is C18H19F3N2. The third kappa shape index (κ3) is 3.57. The second-order valence-electron chi connectivity index (χ2n) is 5.68. The van der Waals surface area contributed by atoms with Crippen LogP contribution in [-0.4, -0.2) is 31.1 Å². The van der Waals surface area contributed by atoms with Crippen LogP contribution in [0.4, 0.5) is 13.2 Å². The molecule has 2 aromatic carbocycles. The maximum atomic E-state index is 13.5. The lowest BCUT2D eigenvalue weighted by molar-refractivity contribution is -0.138. The van der Waals surface area contributed by atoms with E-state index in [2.05, 4.69) is 10.2 Å². The van der Waals surface area contributed by atoms with E-state index in [4.69, 9.17) is 0 Å². The molecule has 23 heavy (non-hydrogen) atoms. The standard InChI is InChI=1S/C18H19F3N2/c19-18(20,21)16-9-5-4-8-15(16)17(14-6-2-1-3-7-14)23-12-10-22-11-13-23/h1-9,17,22H,10-13H2/t17-/m1/s1. The molecule has 1 aliphatic rings. The molecule has 0 aliphatic carbocycles. The summed E-state index contributed by atoms with van der Waals surface area (Å²) in [5.41, 5.74) is 0.673. The van der Waals surface area contributed by atoms with E-state index in [1.165, 1.54) is 12.1 Å². The molecule has 1 atom stereocenters. The number of nitrogens with zero attached hydrogens (tertiary/aromatic N) is 1. The number of piperazine rings is 1. The summed E-state index contributed by atoms with van der Waals surface area (Å²) in [4.78, 5) is 2.12. The van der Waals surface area contributed by atoms with E-state index in [9.17, 15) is 13.2 Å². The molecule has 1 saturated heterocycles. The van der Waals surface area contributed by atoms with Gasteiger partial charge in [-0.1, -0.05) is 48.5 Å². The van der Waals surface area contributed by atoms with E-state index in [1.54, 1.807) is 12.1 Å². The number of alkyl halides is 3. The van der Waals surface area contributed by atoms with Gasteiger partial charge in [-0.15, -0.1) is 0 Å². The molecule has 0 amide bonds. The molecule has 1 aliphatic heterocycles. The zero-order chi connectivity index (χ0) is 16.3. The normalized spacial score (nSPS) is 17.9. The average Bonchev–Trinajstić information content (AvgIpc) is 2.57. The second kappa shape index (κ2) is 6.72. The van der Waals surface area contributed by atoms with E-state index >= 15 is 0 Å². The van der Waals surface area contributed by atoms with Crippen LogP contribution in [0.2, 0.25) is 0 Å². The molecule has 2 aromatic rings. The van der Waals surface area contributed by atoms with Gasteiger partial charge in [0.15, 0.2) is 0 Å². The number of nitrogens with one attached hydrogen (secondary N) is 1. The fourth-order valence-electron chi connectivity index (χ4n) is 3.16. The highest BCUT2D eigenvalue weighted by atomic mass is 19.4. The molecule has 0 saturated carbocycles. The molecule has 2 nitrogen and oxygen atoms in total. The molecule has 5 heteroatoms. The van der Waals surface area contributed by atoms with Crippen molar-refractivity contribution in [3.05, 3.63) is 71.3 Å². The molecule has 0 bridgehead atoms. The van der Waals surface area contributed by atoms with E-state index < -0.39 is 11.7 Å². The monoisotopic (exact) mass is 320 g/mol. The first-order valence-electron chi connectivity index (χ1n) is 7.73. The number of hydrogen-bond acceptors (Lipinski definition) is 2. The molecule has 1 heterocycles. The fourth-order valence-corrected chi connectivity index (χ4v) is 3.16. The van der Waals surface area contributed by atoms with Gasteiger partial charge in [0.05, 0.1) is 11.6 Å². The summed E-state index contributed by atoms with van der Waals surface area (Å²) in [6.07, 6.45) is -4.35. The Morgan fingerprint density at radius 2 is 1.48 bits per heavy atom. The summed E-state index contributed by atoms with van der Waals surface area (Å²) in [5.74, 6) is 0. The Morgan fingerprint density at radius 3 is 2.13 bits per heavy atom. The largest absolute Gasteiger partial charge is 0.416 e. The summed E-state index contributed by atoms with van der Waals surface area (Å²) >= 11 is 0. The van der Waals surface area contributed by atoms with Crippen molar-refractivity contribution in [3.63, 3.8) is 0 Å². The van der Waals surface area contributed by atoms with E-state index in [0.29, 0.717) is 5.56 Å². The maximum Gasteiger partial charge on any atom is 0.416 e. The topological polar surface area (TPSA) is 15.3 Å². The first-order chi connectivity index (χ1) is 11.1. The van der Waals surface area contributed by atoms with Crippen LogP contribution < -0.4 is 5.32 Å².